The highest BCUT2D eigenvalue weighted by Crippen LogP contribution is 2.29. The Balaban J connectivity index is 2.17. The standard InChI is InChI=1S/C13H15ClFNO2/c1-18-13(17)12(16-7-8-2-3-8)10-5-4-9(14)6-11(10)15/h4-6,8,12,16H,2-3,7H2,1H3. The van der Waals surface area contributed by atoms with Crippen molar-refractivity contribution in [3.05, 3.63) is 34.6 Å². The second-order valence-electron chi connectivity index (χ2n) is 4.47. The molecule has 2 rings (SSSR count). The van der Waals surface area contributed by atoms with Crippen LogP contribution < -0.4 is 5.32 Å². The van der Waals surface area contributed by atoms with Gasteiger partial charge < -0.3 is 10.1 Å². The van der Waals surface area contributed by atoms with E-state index in [2.05, 4.69) is 5.32 Å². The van der Waals surface area contributed by atoms with Gasteiger partial charge in [0.25, 0.3) is 0 Å². The van der Waals surface area contributed by atoms with Crippen molar-refractivity contribution in [2.75, 3.05) is 13.7 Å². The van der Waals surface area contributed by atoms with Crippen molar-refractivity contribution in [2.24, 2.45) is 5.92 Å². The molecule has 18 heavy (non-hydrogen) atoms. The maximum atomic E-state index is 13.8. The van der Waals surface area contributed by atoms with E-state index in [-0.39, 0.29) is 5.56 Å². The number of hydrogen-bond acceptors (Lipinski definition) is 3. The van der Waals surface area contributed by atoms with Gasteiger partial charge in [-0.3, -0.25) is 0 Å². The fourth-order valence-corrected chi connectivity index (χ4v) is 1.94. The summed E-state index contributed by atoms with van der Waals surface area (Å²) in [6.07, 6.45) is 2.31. The molecule has 0 spiro atoms. The molecule has 0 saturated heterocycles. The number of benzene rings is 1. The summed E-state index contributed by atoms with van der Waals surface area (Å²) in [4.78, 5) is 11.7. The molecule has 5 heteroatoms. The summed E-state index contributed by atoms with van der Waals surface area (Å²) in [6.45, 7) is 0.696. The van der Waals surface area contributed by atoms with Gasteiger partial charge >= 0.3 is 5.97 Å². The van der Waals surface area contributed by atoms with Crippen molar-refractivity contribution in [3.8, 4) is 0 Å². The van der Waals surface area contributed by atoms with E-state index in [0.29, 0.717) is 17.5 Å². The maximum absolute atomic E-state index is 13.8. The molecule has 0 aromatic heterocycles. The van der Waals surface area contributed by atoms with Gasteiger partial charge in [0.15, 0.2) is 0 Å². The molecule has 0 bridgehead atoms. The normalized spacial score (nSPS) is 16.4. The highest BCUT2D eigenvalue weighted by molar-refractivity contribution is 6.30. The lowest BCUT2D eigenvalue weighted by atomic mass is 10.1. The highest BCUT2D eigenvalue weighted by Gasteiger charge is 2.28. The van der Waals surface area contributed by atoms with Crippen molar-refractivity contribution >= 4 is 17.6 Å². The molecule has 0 amide bonds. The molecule has 1 aliphatic rings. The number of methoxy groups -OCH3 is 1. The van der Waals surface area contributed by atoms with Crippen LogP contribution in [0, 0.1) is 11.7 Å². The molecule has 0 radical (unpaired) electrons. The Hall–Kier alpha value is -1.13. The lowest BCUT2D eigenvalue weighted by Gasteiger charge is -2.17. The second kappa shape index (κ2) is 5.67. The second-order valence-corrected chi connectivity index (χ2v) is 4.91. The minimum absolute atomic E-state index is 0.270. The van der Waals surface area contributed by atoms with Crippen LogP contribution in [0.15, 0.2) is 18.2 Å². The first-order valence-corrected chi connectivity index (χ1v) is 6.25. The van der Waals surface area contributed by atoms with E-state index in [9.17, 15) is 9.18 Å². The van der Waals surface area contributed by atoms with Gasteiger partial charge in [-0.05, 0) is 37.4 Å². The minimum atomic E-state index is -0.770. The average molecular weight is 272 g/mol. The van der Waals surface area contributed by atoms with Crippen molar-refractivity contribution in [3.63, 3.8) is 0 Å². The van der Waals surface area contributed by atoms with Gasteiger partial charge in [-0.2, -0.15) is 0 Å². The third kappa shape index (κ3) is 3.21. The molecular formula is C13H15ClFNO2. The van der Waals surface area contributed by atoms with Crippen LogP contribution in [0.1, 0.15) is 24.4 Å². The van der Waals surface area contributed by atoms with E-state index in [1.165, 1.54) is 19.2 Å². The lowest BCUT2D eigenvalue weighted by molar-refractivity contribution is -0.143. The molecule has 1 unspecified atom stereocenters. The lowest BCUT2D eigenvalue weighted by Crippen LogP contribution is -2.31. The van der Waals surface area contributed by atoms with Crippen molar-refractivity contribution in [1.29, 1.82) is 0 Å². The minimum Gasteiger partial charge on any atom is -0.468 e. The van der Waals surface area contributed by atoms with Gasteiger partial charge in [-0.1, -0.05) is 17.7 Å². The van der Waals surface area contributed by atoms with Crippen LogP contribution in [-0.2, 0) is 9.53 Å². The molecule has 3 nitrogen and oxygen atoms in total. The van der Waals surface area contributed by atoms with Crippen LogP contribution in [0.5, 0.6) is 0 Å². The Kier molecular flexibility index (Phi) is 4.19. The summed E-state index contributed by atoms with van der Waals surface area (Å²) in [5.41, 5.74) is 0.270. The molecule has 1 aromatic carbocycles. The predicted octanol–water partition coefficient (Wildman–Crippen LogP) is 2.69. The van der Waals surface area contributed by atoms with Gasteiger partial charge in [0.2, 0.25) is 0 Å². The summed E-state index contributed by atoms with van der Waals surface area (Å²) in [5, 5.41) is 3.36. The van der Waals surface area contributed by atoms with E-state index in [1.807, 2.05) is 0 Å². The van der Waals surface area contributed by atoms with Crippen molar-refractivity contribution < 1.29 is 13.9 Å². The topological polar surface area (TPSA) is 38.3 Å². The zero-order chi connectivity index (χ0) is 13.1. The third-order valence-corrected chi connectivity index (χ3v) is 3.25. The number of rotatable bonds is 5. The molecule has 0 heterocycles. The molecule has 1 aromatic rings. The van der Waals surface area contributed by atoms with Crippen LogP contribution in [-0.4, -0.2) is 19.6 Å². The van der Waals surface area contributed by atoms with Crippen LogP contribution in [0.3, 0.4) is 0 Å². The van der Waals surface area contributed by atoms with Gasteiger partial charge in [0, 0.05) is 10.6 Å². The number of carbonyl (C=O) groups excluding carboxylic acids is 1. The quantitative estimate of drug-likeness (QED) is 0.837. The van der Waals surface area contributed by atoms with Gasteiger partial charge in [0.05, 0.1) is 7.11 Å². The largest absolute Gasteiger partial charge is 0.468 e. The van der Waals surface area contributed by atoms with Crippen LogP contribution in [0.2, 0.25) is 5.02 Å². The zero-order valence-corrected chi connectivity index (χ0v) is 10.8. The van der Waals surface area contributed by atoms with E-state index < -0.39 is 17.8 Å². The van der Waals surface area contributed by atoms with Crippen molar-refractivity contribution in [2.45, 2.75) is 18.9 Å². The summed E-state index contributed by atoms with van der Waals surface area (Å²) >= 11 is 5.70. The molecular weight excluding hydrogens is 257 g/mol. The van der Waals surface area contributed by atoms with E-state index >= 15 is 0 Å². The Morgan fingerprint density at radius 3 is 2.89 bits per heavy atom. The number of halogens is 2. The maximum Gasteiger partial charge on any atom is 0.327 e. The molecule has 1 aliphatic carbocycles. The highest BCUT2D eigenvalue weighted by atomic mass is 35.5. The van der Waals surface area contributed by atoms with Crippen LogP contribution >= 0.6 is 11.6 Å². The fraction of sp³-hybridized carbons (Fsp3) is 0.462. The van der Waals surface area contributed by atoms with Gasteiger partial charge in [0.1, 0.15) is 11.9 Å². The fourth-order valence-electron chi connectivity index (χ4n) is 1.78. The summed E-state index contributed by atoms with van der Waals surface area (Å²) in [5.74, 6) is -0.398. The Morgan fingerprint density at radius 1 is 1.61 bits per heavy atom. The number of esters is 1. The van der Waals surface area contributed by atoms with Gasteiger partial charge in [-0.15, -0.1) is 0 Å². The molecule has 0 aliphatic heterocycles. The third-order valence-electron chi connectivity index (χ3n) is 3.02. The molecule has 1 N–H and O–H groups in total. The Morgan fingerprint density at radius 2 is 2.33 bits per heavy atom. The number of carbonyl (C=O) groups is 1. The Labute approximate surface area is 110 Å². The SMILES string of the molecule is COC(=O)C(NCC1CC1)c1ccc(Cl)cc1F. The smallest absolute Gasteiger partial charge is 0.327 e. The molecule has 1 fully saturated rings. The first-order chi connectivity index (χ1) is 8.61. The Bertz CT molecular complexity index is 449. The number of nitrogens with one attached hydrogen (secondary N) is 1. The molecule has 1 atom stereocenters. The van der Waals surface area contributed by atoms with E-state index in [0.717, 1.165) is 12.8 Å². The number of hydrogen-bond donors (Lipinski definition) is 1. The van der Waals surface area contributed by atoms with E-state index in [1.54, 1.807) is 6.07 Å². The predicted molar refractivity (Wildman–Crippen MR) is 66.9 cm³/mol. The zero-order valence-electron chi connectivity index (χ0n) is 10.1. The summed E-state index contributed by atoms with van der Waals surface area (Å²) < 4.78 is 18.5. The summed E-state index contributed by atoms with van der Waals surface area (Å²) in [7, 11) is 1.29. The first-order valence-electron chi connectivity index (χ1n) is 5.88. The van der Waals surface area contributed by atoms with E-state index in [4.69, 9.17) is 16.3 Å². The number of ether oxygens (including phenoxy) is 1. The molecule has 1 saturated carbocycles. The molecule has 98 valence electrons. The first kappa shape index (κ1) is 13.3. The van der Waals surface area contributed by atoms with Gasteiger partial charge in [-0.25, -0.2) is 9.18 Å². The van der Waals surface area contributed by atoms with Crippen molar-refractivity contribution in [1.82, 2.24) is 5.32 Å². The van der Waals surface area contributed by atoms with Crippen LogP contribution in [0.25, 0.3) is 0 Å². The monoisotopic (exact) mass is 271 g/mol. The van der Waals surface area contributed by atoms with Crippen LogP contribution in [0.4, 0.5) is 4.39 Å². The summed E-state index contributed by atoms with van der Waals surface area (Å²) in [6, 6.07) is 3.51. The average Bonchev–Trinajstić information content (AvgIpc) is 3.15.